The van der Waals surface area contributed by atoms with Crippen molar-refractivity contribution < 1.29 is 9.47 Å². The van der Waals surface area contributed by atoms with Crippen LogP contribution in [0.1, 0.15) is 13.8 Å². The van der Waals surface area contributed by atoms with Crippen LogP contribution in [0.25, 0.3) is 0 Å². The third kappa shape index (κ3) is 5.44. The highest BCUT2D eigenvalue weighted by Crippen LogP contribution is 2.01. The van der Waals surface area contributed by atoms with Crippen molar-refractivity contribution in [2.45, 2.75) is 26.1 Å². The summed E-state index contributed by atoms with van der Waals surface area (Å²) < 4.78 is 11.5. The van der Waals surface area contributed by atoms with Crippen molar-refractivity contribution in [3.8, 4) is 0 Å². The van der Waals surface area contributed by atoms with E-state index in [2.05, 4.69) is 29.5 Å². The largest absolute Gasteiger partial charge is 0.382 e. The van der Waals surface area contributed by atoms with Crippen LogP contribution in [0, 0.1) is 0 Å². The first-order valence-electron chi connectivity index (χ1n) is 3.41. The minimum Gasteiger partial charge on any atom is -0.382 e. The predicted molar refractivity (Wildman–Crippen MR) is 50.8 cm³/mol. The number of alkyl halides is 1. The third-order valence-electron chi connectivity index (χ3n) is 1.08. The molecule has 10 heavy (non-hydrogen) atoms. The second-order valence-electron chi connectivity index (χ2n) is 2.37. The van der Waals surface area contributed by atoms with E-state index in [1.54, 1.807) is 7.11 Å². The molecule has 0 amide bonds. The van der Waals surface area contributed by atoms with Gasteiger partial charge in [-0.05, 0) is 13.8 Å². The highest BCUT2D eigenvalue weighted by molar-refractivity contribution is 14.1. The van der Waals surface area contributed by atoms with Crippen LogP contribution in [0.3, 0.4) is 0 Å². The van der Waals surface area contributed by atoms with Crippen molar-refractivity contribution in [3.63, 3.8) is 0 Å². The fourth-order valence-electron chi connectivity index (χ4n) is 0.707. The van der Waals surface area contributed by atoms with E-state index in [-0.39, 0.29) is 6.10 Å². The van der Waals surface area contributed by atoms with E-state index < -0.39 is 0 Å². The van der Waals surface area contributed by atoms with E-state index in [0.717, 1.165) is 4.43 Å². The number of ether oxygens (including phenoxy) is 2. The molecule has 0 bridgehead atoms. The Hall–Kier alpha value is 0.650. The maximum Gasteiger partial charge on any atom is 0.0784 e. The van der Waals surface area contributed by atoms with Gasteiger partial charge in [-0.15, -0.1) is 0 Å². The fourth-order valence-corrected chi connectivity index (χ4v) is 0.915. The lowest BCUT2D eigenvalue weighted by Crippen LogP contribution is -2.21. The van der Waals surface area contributed by atoms with Gasteiger partial charge in [-0.25, -0.2) is 0 Å². The summed E-state index contributed by atoms with van der Waals surface area (Å²) in [6.07, 6.45) is 0.556. The average molecular weight is 258 g/mol. The van der Waals surface area contributed by atoms with Gasteiger partial charge in [-0.3, -0.25) is 0 Å². The topological polar surface area (TPSA) is 18.5 Å². The molecule has 0 aromatic rings. The second-order valence-corrected chi connectivity index (χ2v) is 3.25. The summed E-state index contributed by atoms with van der Waals surface area (Å²) in [5.41, 5.74) is 0. The molecule has 0 aromatic heterocycles. The zero-order valence-corrected chi connectivity index (χ0v) is 8.92. The van der Waals surface area contributed by atoms with Crippen molar-refractivity contribution in [3.05, 3.63) is 0 Å². The van der Waals surface area contributed by atoms with Gasteiger partial charge in [0.25, 0.3) is 0 Å². The lowest BCUT2D eigenvalue weighted by molar-refractivity contribution is -0.0204. The van der Waals surface area contributed by atoms with E-state index in [1.165, 1.54) is 0 Å². The second kappa shape index (κ2) is 6.37. The first kappa shape index (κ1) is 10.7. The maximum absolute atomic E-state index is 5.51. The quantitative estimate of drug-likeness (QED) is 0.553. The van der Waals surface area contributed by atoms with Crippen molar-refractivity contribution >= 4 is 22.6 Å². The van der Waals surface area contributed by atoms with E-state index >= 15 is 0 Å². The Bertz CT molecular complexity index is 78.0. The van der Waals surface area contributed by atoms with Crippen LogP contribution in [0.4, 0.5) is 0 Å². The summed E-state index contributed by atoms with van der Waals surface area (Å²) in [6, 6.07) is 0. The molecule has 0 rings (SSSR count). The van der Waals surface area contributed by atoms with E-state index in [9.17, 15) is 0 Å². The Morgan fingerprint density at radius 3 is 2.30 bits per heavy atom. The Balaban J connectivity index is 3.27. The van der Waals surface area contributed by atoms with Gasteiger partial charge < -0.3 is 9.47 Å². The van der Waals surface area contributed by atoms with Gasteiger partial charge in [0, 0.05) is 11.5 Å². The molecule has 0 N–H and O–H groups in total. The number of rotatable bonds is 5. The van der Waals surface area contributed by atoms with Crippen molar-refractivity contribution in [2.75, 3.05) is 18.1 Å². The smallest absolute Gasteiger partial charge is 0.0784 e. The molecule has 0 fully saturated rings. The van der Waals surface area contributed by atoms with Crippen LogP contribution in [0.2, 0.25) is 0 Å². The summed E-state index contributed by atoms with van der Waals surface area (Å²) in [5.74, 6) is 0. The highest BCUT2D eigenvalue weighted by Gasteiger charge is 2.05. The molecule has 0 aromatic carbocycles. The molecule has 62 valence electrons. The van der Waals surface area contributed by atoms with Crippen molar-refractivity contribution in [2.24, 2.45) is 0 Å². The van der Waals surface area contributed by atoms with Gasteiger partial charge in [0.05, 0.1) is 18.8 Å². The molecule has 0 spiro atoms. The molecule has 0 heterocycles. The van der Waals surface area contributed by atoms with Gasteiger partial charge in [-0.1, -0.05) is 22.6 Å². The molecule has 2 nitrogen and oxygen atoms in total. The number of hydrogen-bond donors (Lipinski definition) is 0. The van der Waals surface area contributed by atoms with E-state index in [0.29, 0.717) is 12.7 Å². The molecule has 0 aliphatic rings. The Kier molecular flexibility index (Phi) is 6.78. The SMILES string of the molecule is COCC(C)OC(C)CI. The third-order valence-corrected chi connectivity index (χ3v) is 2.32. The summed E-state index contributed by atoms with van der Waals surface area (Å²) >= 11 is 2.31. The number of halogens is 1. The monoisotopic (exact) mass is 258 g/mol. The van der Waals surface area contributed by atoms with Crippen molar-refractivity contribution in [1.82, 2.24) is 0 Å². The zero-order chi connectivity index (χ0) is 7.98. The predicted octanol–water partition coefficient (Wildman–Crippen LogP) is 1.86. The summed E-state index contributed by atoms with van der Waals surface area (Å²) in [6.45, 7) is 4.77. The summed E-state index contributed by atoms with van der Waals surface area (Å²) in [7, 11) is 1.69. The fraction of sp³-hybridized carbons (Fsp3) is 1.00. The number of methoxy groups -OCH3 is 1. The van der Waals surface area contributed by atoms with Gasteiger partial charge >= 0.3 is 0 Å². The molecule has 0 aliphatic heterocycles. The van der Waals surface area contributed by atoms with Gasteiger partial charge in [0.2, 0.25) is 0 Å². The lowest BCUT2D eigenvalue weighted by Gasteiger charge is -2.16. The summed E-state index contributed by atoms with van der Waals surface area (Å²) in [4.78, 5) is 0. The van der Waals surface area contributed by atoms with Crippen LogP contribution in [0.5, 0.6) is 0 Å². The number of hydrogen-bond acceptors (Lipinski definition) is 2. The van der Waals surface area contributed by atoms with Crippen LogP contribution in [-0.2, 0) is 9.47 Å². The molecule has 3 heteroatoms. The summed E-state index contributed by atoms with van der Waals surface area (Å²) in [5, 5.41) is 0. The zero-order valence-electron chi connectivity index (χ0n) is 6.76. The Morgan fingerprint density at radius 1 is 1.30 bits per heavy atom. The minimum absolute atomic E-state index is 0.217. The maximum atomic E-state index is 5.51. The van der Waals surface area contributed by atoms with Gasteiger partial charge in [0.15, 0.2) is 0 Å². The minimum atomic E-state index is 0.217. The van der Waals surface area contributed by atoms with Crippen LogP contribution in [0.15, 0.2) is 0 Å². The first-order chi connectivity index (χ1) is 4.70. The highest BCUT2D eigenvalue weighted by atomic mass is 127. The Morgan fingerprint density at radius 2 is 1.90 bits per heavy atom. The normalized spacial score (nSPS) is 16.8. The standard InChI is InChI=1S/C7H15IO2/c1-6(4-8)10-7(2)5-9-3/h6-7H,4-5H2,1-3H3. The molecule has 0 saturated carbocycles. The van der Waals surface area contributed by atoms with E-state index in [1.807, 2.05) is 6.92 Å². The van der Waals surface area contributed by atoms with Gasteiger partial charge in [0.1, 0.15) is 0 Å². The van der Waals surface area contributed by atoms with E-state index in [4.69, 9.17) is 9.47 Å². The molecule has 2 unspecified atom stereocenters. The first-order valence-corrected chi connectivity index (χ1v) is 4.93. The lowest BCUT2D eigenvalue weighted by atomic mass is 10.4. The molecule has 2 atom stereocenters. The molecule has 0 saturated heterocycles. The van der Waals surface area contributed by atoms with Crippen LogP contribution in [-0.4, -0.2) is 30.4 Å². The van der Waals surface area contributed by atoms with Gasteiger partial charge in [-0.2, -0.15) is 0 Å². The van der Waals surface area contributed by atoms with Crippen LogP contribution < -0.4 is 0 Å². The molecule has 0 radical (unpaired) electrons. The van der Waals surface area contributed by atoms with Crippen LogP contribution >= 0.6 is 22.6 Å². The average Bonchev–Trinajstić information content (AvgIpc) is 1.88. The molecule has 0 aliphatic carbocycles. The van der Waals surface area contributed by atoms with Crippen molar-refractivity contribution in [1.29, 1.82) is 0 Å². The molecular formula is C7H15IO2. The Labute approximate surface area is 76.4 Å². The molecular weight excluding hydrogens is 243 g/mol.